The minimum absolute atomic E-state index is 0.0439. The average Bonchev–Trinajstić information content (AvgIpc) is 2.26. The fraction of sp³-hybridized carbons (Fsp3) is 0.667. The Kier molecular flexibility index (Phi) is 2.74. The number of hydrogen-bond donors (Lipinski definition) is 1. The summed E-state index contributed by atoms with van der Waals surface area (Å²) >= 11 is 0. The Bertz CT molecular complexity index is 362. The maximum Gasteiger partial charge on any atom is 0.225 e. The summed E-state index contributed by atoms with van der Waals surface area (Å²) < 4.78 is 0. The first-order valence-electron chi connectivity index (χ1n) is 5.75. The van der Waals surface area contributed by atoms with Crippen LogP contribution in [0.2, 0.25) is 0 Å². The molecule has 4 heteroatoms. The molecule has 3 unspecified atom stereocenters. The predicted molar refractivity (Wildman–Crippen MR) is 60.3 cm³/mol. The number of fused-ring (bicyclic) bond motifs is 1. The molecule has 0 bridgehead atoms. The first-order valence-corrected chi connectivity index (χ1v) is 5.75. The molecule has 0 aromatic heterocycles. The Morgan fingerprint density at radius 3 is 2.69 bits per heavy atom. The predicted octanol–water partition coefficient (Wildman–Crippen LogP) is 0.675. The summed E-state index contributed by atoms with van der Waals surface area (Å²) in [5.41, 5.74) is 6.11. The highest BCUT2D eigenvalue weighted by Crippen LogP contribution is 2.37. The number of hydrogen-bond acceptors (Lipinski definition) is 3. The van der Waals surface area contributed by atoms with E-state index >= 15 is 0 Å². The Morgan fingerprint density at radius 1 is 1.38 bits per heavy atom. The van der Waals surface area contributed by atoms with Gasteiger partial charge >= 0.3 is 0 Å². The zero-order valence-corrected chi connectivity index (χ0v) is 9.77. The number of amides is 1. The summed E-state index contributed by atoms with van der Waals surface area (Å²) in [6, 6.07) is 0.163. The second-order valence-corrected chi connectivity index (χ2v) is 4.94. The van der Waals surface area contributed by atoms with Gasteiger partial charge < -0.3 is 10.6 Å². The van der Waals surface area contributed by atoms with Crippen molar-refractivity contribution >= 4 is 11.7 Å². The molecule has 1 amide bonds. The molecule has 1 heterocycles. The molecule has 3 atom stereocenters. The molecule has 2 fully saturated rings. The van der Waals surface area contributed by atoms with Crippen LogP contribution in [0.25, 0.3) is 0 Å². The SMILES string of the molecule is CC1CC2CC(=O)C(=CN)CC2N(C)C1=O. The summed E-state index contributed by atoms with van der Waals surface area (Å²) in [5.74, 6) is 0.696. The largest absolute Gasteiger partial charge is 0.404 e. The number of Topliss-reactive ketones (excluding diaryl/α,β-unsaturated/α-hetero) is 1. The van der Waals surface area contributed by atoms with Crippen molar-refractivity contribution < 1.29 is 9.59 Å². The van der Waals surface area contributed by atoms with Gasteiger partial charge in [-0.3, -0.25) is 9.59 Å². The molecule has 0 spiro atoms. The van der Waals surface area contributed by atoms with Crippen molar-refractivity contribution in [3.05, 3.63) is 11.8 Å². The number of piperidine rings is 1. The number of likely N-dealkylation sites (tertiary alicyclic amines) is 1. The quantitative estimate of drug-likeness (QED) is 0.613. The summed E-state index contributed by atoms with van der Waals surface area (Å²) in [7, 11) is 1.83. The van der Waals surface area contributed by atoms with E-state index in [1.807, 2.05) is 14.0 Å². The molecule has 1 saturated carbocycles. The van der Waals surface area contributed by atoms with Gasteiger partial charge in [-0.2, -0.15) is 0 Å². The summed E-state index contributed by atoms with van der Waals surface area (Å²) in [5, 5.41) is 0. The molecule has 1 saturated heterocycles. The molecule has 0 aromatic carbocycles. The van der Waals surface area contributed by atoms with E-state index in [1.54, 1.807) is 4.90 Å². The second-order valence-electron chi connectivity index (χ2n) is 4.94. The minimum atomic E-state index is 0.0439. The second kappa shape index (κ2) is 3.92. The van der Waals surface area contributed by atoms with Crippen LogP contribution in [-0.2, 0) is 9.59 Å². The zero-order chi connectivity index (χ0) is 11.9. The van der Waals surface area contributed by atoms with Crippen molar-refractivity contribution in [1.29, 1.82) is 0 Å². The maximum absolute atomic E-state index is 11.8. The molecule has 0 radical (unpaired) electrons. The van der Waals surface area contributed by atoms with Gasteiger partial charge in [0.05, 0.1) is 0 Å². The number of carbonyl (C=O) groups is 2. The standard InChI is InChI=1S/C12H18N2O2/c1-7-3-8-5-11(15)9(6-13)4-10(8)14(2)12(7)16/h6-8,10H,3-5,13H2,1-2H3. The van der Waals surface area contributed by atoms with Gasteiger partial charge in [-0.15, -0.1) is 0 Å². The molecule has 2 N–H and O–H groups in total. The van der Waals surface area contributed by atoms with E-state index in [0.717, 1.165) is 6.42 Å². The van der Waals surface area contributed by atoms with E-state index in [9.17, 15) is 9.59 Å². The molecular formula is C12H18N2O2. The van der Waals surface area contributed by atoms with Gasteiger partial charge in [-0.1, -0.05) is 6.92 Å². The van der Waals surface area contributed by atoms with Gasteiger partial charge in [-0.25, -0.2) is 0 Å². The fourth-order valence-corrected chi connectivity index (χ4v) is 2.93. The van der Waals surface area contributed by atoms with Gasteiger partial charge in [0, 0.05) is 37.2 Å². The molecule has 16 heavy (non-hydrogen) atoms. The lowest BCUT2D eigenvalue weighted by Gasteiger charge is -2.44. The van der Waals surface area contributed by atoms with Gasteiger partial charge in [-0.05, 0) is 18.8 Å². The number of carbonyl (C=O) groups excluding carboxylic acids is 2. The molecule has 4 nitrogen and oxygen atoms in total. The normalized spacial score (nSPS) is 37.8. The van der Waals surface area contributed by atoms with E-state index in [2.05, 4.69) is 0 Å². The highest BCUT2D eigenvalue weighted by atomic mass is 16.2. The monoisotopic (exact) mass is 222 g/mol. The van der Waals surface area contributed by atoms with Crippen molar-refractivity contribution in [3.63, 3.8) is 0 Å². The lowest BCUT2D eigenvalue weighted by Crippen LogP contribution is -2.52. The van der Waals surface area contributed by atoms with Crippen LogP contribution in [0.5, 0.6) is 0 Å². The molecule has 2 rings (SSSR count). The third-order valence-electron chi connectivity index (χ3n) is 3.90. The lowest BCUT2D eigenvalue weighted by molar-refractivity contribution is -0.144. The fourth-order valence-electron chi connectivity index (χ4n) is 2.93. The van der Waals surface area contributed by atoms with Crippen LogP contribution in [0.1, 0.15) is 26.2 Å². The number of nitrogens with two attached hydrogens (primary N) is 1. The first kappa shape index (κ1) is 11.2. The van der Waals surface area contributed by atoms with Crippen LogP contribution >= 0.6 is 0 Å². The van der Waals surface area contributed by atoms with Crippen molar-refractivity contribution in [1.82, 2.24) is 4.90 Å². The van der Waals surface area contributed by atoms with Gasteiger partial charge in [0.1, 0.15) is 0 Å². The third-order valence-corrected chi connectivity index (χ3v) is 3.90. The van der Waals surface area contributed by atoms with Crippen LogP contribution in [0.4, 0.5) is 0 Å². The molecule has 0 aromatic rings. The summed E-state index contributed by atoms with van der Waals surface area (Å²) in [6.07, 6.45) is 3.39. The lowest BCUT2D eigenvalue weighted by atomic mass is 9.73. The van der Waals surface area contributed by atoms with E-state index in [0.29, 0.717) is 24.3 Å². The van der Waals surface area contributed by atoms with Crippen LogP contribution in [-0.4, -0.2) is 29.7 Å². The van der Waals surface area contributed by atoms with Crippen molar-refractivity contribution in [2.24, 2.45) is 17.6 Å². The highest BCUT2D eigenvalue weighted by molar-refractivity contribution is 5.97. The average molecular weight is 222 g/mol. The Morgan fingerprint density at radius 2 is 2.06 bits per heavy atom. The first-order chi connectivity index (χ1) is 7.54. The van der Waals surface area contributed by atoms with E-state index < -0.39 is 0 Å². The van der Waals surface area contributed by atoms with Crippen molar-refractivity contribution in [2.45, 2.75) is 32.2 Å². The Labute approximate surface area is 95.5 Å². The molecule has 88 valence electrons. The van der Waals surface area contributed by atoms with E-state index in [1.165, 1.54) is 6.20 Å². The van der Waals surface area contributed by atoms with Crippen LogP contribution in [0.15, 0.2) is 11.8 Å². The van der Waals surface area contributed by atoms with E-state index in [-0.39, 0.29) is 23.7 Å². The van der Waals surface area contributed by atoms with Crippen molar-refractivity contribution in [3.8, 4) is 0 Å². The highest BCUT2D eigenvalue weighted by Gasteiger charge is 2.42. The van der Waals surface area contributed by atoms with Gasteiger partial charge in [0.25, 0.3) is 0 Å². The Balaban J connectivity index is 2.23. The van der Waals surface area contributed by atoms with Crippen LogP contribution in [0.3, 0.4) is 0 Å². The number of nitrogens with zero attached hydrogens (tertiary/aromatic N) is 1. The van der Waals surface area contributed by atoms with E-state index in [4.69, 9.17) is 5.73 Å². The summed E-state index contributed by atoms with van der Waals surface area (Å²) in [6.45, 7) is 1.94. The topological polar surface area (TPSA) is 63.4 Å². The zero-order valence-electron chi connectivity index (χ0n) is 9.77. The number of rotatable bonds is 0. The van der Waals surface area contributed by atoms with Gasteiger partial charge in [0.15, 0.2) is 5.78 Å². The minimum Gasteiger partial charge on any atom is -0.404 e. The van der Waals surface area contributed by atoms with Gasteiger partial charge in [0.2, 0.25) is 5.91 Å². The molecule has 1 aliphatic heterocycles. The molecule has 1 aliphatic carbocycles. The summed E-state index contributed by atoms with van der Waals surface area (Å²) in [4.78, 5) is 25.4. The maximum atomic E-state index is 11.8. The molecular weight excluding hydrogens is 204 g/mol. The Hall–Kier alpha value is -1.32. The molecule has 2 aliphatic rings. The van der Waals surface area contributed by atoms with Crippen LogP contribution in [0, 0.1) is 11.8 Å². The smallest absolute Gasteiger partial charge is 0.225 e. The van der Waals surface area contributed by atoms with Crippen LogP contribution < -0.4 is 5.73 Å². The van der Waals surface area contributed by atoms with Crippen molar-refractivity contribution in [2.75, 3.05) is 7.05 Å². The third kappa shape index (κ3) is 1.62. The number of ketones is 1.